The van der Waals surface area contributed by atoms with Gasteiger partial charge < -0.3 is 10.2 Å². The van der Waals surface area contributed by atoms with Crippen molar-refractivity contribution in [3.63, 3.8) is 0 Å². The Labute approximate surface area is 247 Å². The van der Waals surface area contributed by atoms with Crippen molar-refractivity contribution in [1.29, 1.82) is 0 Å². The van der Waals surface area contributed by atoms with Gasteiger partial charge in [-0.2, -0.15) is 0 Å². The standard InChI is InChI=1S/C31H44FN5O3S/c1-20-28(21(2)38)41-30(33-20)35-29(40)34-26-12-14-37(19-27(39)31(3,4)5)18-24(26)17-36-13-6-7-23(16-36)15-22-8-10-25(32)11-9-22/h8-11,23-24,26H,6-7,12-19H2,1-5H3,(H2,33,34,35,40)/t23?,24-,26-/m1/s1. The van der Waals surface area contributed by atoms with Crippen LogP contribution in [-0.2, 0) is 11.2 Å². The normalized spacial score (nSPS) is 22.3. The largest absolute Gasteiger partial charge is 0.335 e. The number of thiazole rings is 1. The number of anilines is 1. The summed E-state index contributed by atoms with van der Waals surface area (Å²) in [4.78, 5) is 47.3. The van der Waals surface area contributed by atoms with Gasteiger partial charge in [-0.15, -0.1) is 0 Å². The number of nitrogens with zero attached hydrogens (tertiary/aromatic N) is 3. The van der Waals surface area contributed by atoms with Gasteiger partial charge in [0.1, 0.15) is 5.82 Å². The lowest BCUT2D eigenvalue weighted by molar-refractivity contribution is -0.128. The number of hydrogen-bond acceptors (Lipinski definition) is 7. The molecule has 4 rings (SSSR count). The molecule has 224 valence electrons. The van der Waals surface area contributed by atoms with Crippen molar-refractivity contribution in [3.05, 3.63) is 46.2 Å². The number of amides is 2. The number of nitrogens with one attached hydrogen (secondary N) is 2. The van der Waals surface area contributed by atoms with E-state index in [-0.39, 0.29) is 35.4 Å². The highest BCUT2D eigenvalue weighted by atomic mass is 32.1. The number of piperidine rings is 2. The van der Waals surface area contributed by atoms with Crippen LogP contribution in [0.2, 0.25) is 0 Å². The predicted octanol–water partition coefficient (Wildman–Crippen LogP) is 5.18. The van der Waals surface area contributed by atoms with Crippen molar-refractivity contribution in [2.24, 2.45) is 17.3 Å². The van der Waals surface area contributed by atoms with E-state index in [0.717, 1.165) is 64.0 Å². The highest BCUT2D eigenvalue weighted by Gasteiger charge is 2.35. The third-order valence-corrected chi connectivity index (χ3v) is 9.38. The molecule has 3 atom stereocenters. The summed E-state index contributed by atoms with van der Waals surface area (Å²) in [6, 6.07) is 6.43. The van der Waals surface area contributed by atoms with Gasteiger partial charge in [-0.25, -0.2) is 14.2 Å². The molecule has 2 saturated heterocycles. The first-order valence-electron chi connectivity index (χ1n) is 14.7. The smallest absolute Gasteiger partial charge is 0.321 e. The van der Waals surface area contributed by atoms with Gasteiger partial charge in [0.15, 0.2) is 16.7 Å². The van der Waals surface area contributed by atoms with Gasteiger partial charge in [-0.3, -0.25) is 19.8 Å². The van der Waals surface area contributed by atoms with Crippen molar-refractivity contribution in [2.45, 2.75) is 66.3 Å². The van der Waals surface area contributed by atoms with Crippen LogP contribution in [0.25, 0.3) is 0 Å². The minimum atomic E-state index is -0.393. The number of aryl methyl sites for hydroxylation is 1. The van der Waals surface area contributed by atoms with Crippen molar-refractivity contribution < 1.29 is 18.8 Å². The summed E-state index contributed by atoms with van der Waals surface area (Å²) in [5, 5.41) is 6.42. The van der Waals surface area contributed by atoms with Crippen LogP contribution in [0.5, 0.6) is 0 Å². The van der Waals surface area contributed by atoms with Gasteiger partial charge in [0, 0.05) is 50.5 Å². The zero-order chi connectivity index (χ0) is 29.7. The number of urea groups is 1. The molecule has 3 heterocycles. The summed E-state index contributed by atoms with van der Waals surface area (Å²) in [5.74, 6) is 0.591. The molecule has 2 aromatic rings. The van der Waals surface area contributed by atoms with E-state index in [9.17, 15) is 18.8 Å². The topological polar surface area (TPSA) is 94.6 Å². The second-order valence-electron chi connectivity index (χ2n) is 12.8. The number of Topliss-reactive ketones (excluding diaryl/α,β-unsaturated/α-hetero) is 2. The average Bonchev–Trinajstić information content (AvgIpc) is 3.26. The molecular formula is C31H44FN5O3S. The summed E-state index contributed by atoms with van der Waals surface area (Å²) in [5.41, 5.74) is 1.38. The average molecular weight is 586 g/mol. The van der Waals surface area contributed by atoms with E-state index in [1.165, 1.54) is 30.4 Å². The van der Waals surface area contributed by atoms with Crippen molar-refractivity contribution in [1.82, 2.24) is 20.1 Å². The molecule has 2 aliphatic rings. The van der Waals surface area contributed by atoms with E-state index < -0.39 is 5.41 Å². The first-order chi connectivity index (χ1) is 19.4. The third-order valence-electron chi connectivity index (χ3n) is 8.21. The summed E-state index contributed by atoms with van der Waals surface area (Å²) < 4.78 is 13.4. The van der Waals surface area contributed by atoms with E-state index in [1.54, 1.807) is 6.92 Å². The molecule has 0 bridgehead atoms. The molecule has 1 unspecified atom stereocenters. The zero-order valence-corrected chi connectivity index (χ0v) is 25.8. The summed E-state index contributed by atoms with van der Waals surface area (Å²) in [7, 11) is 0. The molecule has 41 heavy (non-hydrogen) atoms. The minimum Gasteiger partial charge on any atom is -0.335 e. The number of carbonyl (C=O) groups is 3. The molecular weight excluding hydrogens is 541 g/mol. The van der Waals surface area contributed by atoms with Crippen LogP contribution >= 0.6 is 11.3 Å². The Morgan fingerprint density at radius 2 is 1.80 bits per heavy atom. The molecule has 0 saturated carbocycles. The Morgan fingerprint density at radius 1 is 1.07 bits per heavy atom. The fraction of sp³-hybridized carbons (Fsp3) is 0.613. The molecule has 1 aromatic heterocycles. The molecule has 2 fully saturated rings. The summed E-state index contributed by atoms with van der Waals surface area (Å²) in [6.45, 7) is 13.8. The second-order valence-corrected chi connectivity index (χ2v) is 13.7. The lowest BCUT2D eigenvalue weighted by atomic mass is 9.86. The Hall–Kier alpha value is -2.69. The number of carbonyl (C=O) groups excluding carboxylic acids is 3. The highest BCUT2D eigenvalue weighted by Crippen LogP contribution is 2.27. The van der Waals surface area contributed by atoms with E-state index >= 15 is 0 Å². The van der Waals surface area contributed by atoms with Crippen LogP contribution in [0.3, 0.4) is 0 Å². The molecule has 0 aliphatic carbocycles. The monoisotopic (exact) mass is 585 g/mol. The fourth-order valence-electron chi connectivity index (χ4n) is 5.91. The van der Waals surface area contributed by atoms with Crippen molar-refractivity contribution in [2.75, 3.05) is 44.6 Å². The maximum Gasteiger partial charge on any atom is 0.321 e. The van der Waals surface area contributed by atoms with Gasteiger partial charge in [-0.05, 0) is 62.8 Å². The van der Waals surface area contributed by atoms with Crippen LogP contribution in [0.15, 0.2) is 24.3 Å². The summed E-state index contributed by atoms with van der Waals surface area (Å²) >= 11 is 1.19. The Morgan fingerprint density at radius 3 is 2.46 bits per heavy atom. The lowest BCUT2D eigenvalue weighted by Crippen LogP contribution is -2.56. The SMILES string of the molecule is CC(=O)c1sc(NC(=O)N[C@@H]2CCN(CC(=O)C(C)(C)C)C[C@H]2CN2CCCC(Cc3ccc(F)cc3)C2)nc1C. The van der Waals surface area contributed by atoms with Crippen molar-refractivity contribution in [3.8, 4) is 0 Å². The van der Waals surface area contributed by atoms with Gasteiger partial charge in [0.25, 0.3) is 0 Å². The maximum atomic E-state index is 13.4. The number of benzene rings is 1. The summed E-state index contributed by atoms with van der Waals surface area (Å²) in [6.07, 6.45) is 3.92. The third kappa shape index (κ3) is 8.90. The predicted molar refractivity (Wildman–Crippen MR) is 161 cm³/mol. The van der Waals surface area contributed by atoms with E-state index in [1.807, 2.05) is 32.9 Å². The zero-order valence-electron chi connectivity index (χ0n) is 25.0. The fourth-order valence-corrected chi connectivity index (χ4v) is 6.77. The second kappa shape index (κ2) is 13.5. The number of hydrogen-bond donors (Lipinski definition) is 2. The highest BCUT2D eigenvalue weighted by molar-refractivity contribution is 7.17. The Kier molecular flexibility index (Phi) is 10.3. The lowest BCUT2D eigenvalue weighted by Gasteiger charge is -2.43. The van der Waals surface area contributed by atoms with Crippen LogP contribution in [0.4, 0.5) is 14.3 Å². The van der Waals surface area contributed by atoms with Gasteiger partial charge >= 0.3 is 6.03 Å². The molecule has 0 spiro atoms. The number of rotatable bonds is 9. The van der Waals surface area contributed by atoms with Crippen molar-refractivity contribution >= 4 is 34.1 Å². The van der Waals surface area contributed by atoms with Crippen LogP contribution < -0.4 is 10.6 Å². The van der Waals surface area contributed by atoms with Gasteiger partial charge in [0.2, 0.25) is 0 Å². The molecule has 8 nitrogen and oxygen atoms in total. The Bertz CT molecular complexity index is 1230. The first kappa shape index (κ1) is 31.3. The van der Waals surface area contributed by atoms with Crippen LogP contribution in [0, 0.1) is 30.0 Å². The molecule has 10 heteroatoms. The molecule has 2 amide bonds. The van der Waals surface area contributed by atoms with E-state index in [0.29, 0.717) is 28.2 Å². The van der Waals surface area contributed by atoms with Gasteiger partial charge in [0.05, 0.1) is 17.1 Å². The van der Waals surface area contributed by atoms with Crippen LogP contribution in [-0.4, -0.2) is 77.7 Å². The molecule has 1 aromatic carbocycles. The minimum absolute atomic E-state index is 0.0539. The number of ketones is 2. The number of halogens is 1. The molecule has 2 N–H and O–H groups in total. The first-order valence-corrected chi connectivity index (χ1v) is 15.5. The van der Waals surface area contributed by atoms with E-state index in [2.05, 4.69) is 25.4 Å². The number of likely N-dealkylation sites (tertiary alicyclic amines) is 2. The molecule has 0 radical (unpaired) electrons. The van der Waals surface area contributed by atoms with Gasteiger partial charge in [-0.1, -0.05) is 44.2 Å². The maximum absolute atomic E-state index is 13.4. The quantitative estimate of drug-likeness (QED) is 0.394. The molecule has 2 aliphatic heterocycles. The van der Waals surface area contributed by atoms with E-state index in [4.69, 9.17) is 0 Å². The van der Waals surface area contributed by atoms with Crippen LogP contribution in [0.1, 0.15) is 67.9 Å². The Balaban J connectivity index is 1.41. The number of aromatic nitrogens is 1.